The zero-order valence-electron chi connectivity index (χ0n) is 18.4. The molecule has 0 saturated carbocycles. The Morgan fingerprint density at radius 1 is 0.441 bits per heavy atom. The summed E-state index contributed by atoms with van der Waals surface area (Å²) in [6, 6.07) is 43.3. The molecule has 0 heterocycles. The number of nitrogens with zero attached hydrogens (tertiary/aromatic N) is 1. The molecule has 0 aromatic heterocycles. The van der Waals surface area contributed by atoms with E-state index in [4.69, 9.17) is 0 Å². The monoisotopic (exact) mass is 429 g/mol. The molecule has 34 heavy (non-hydrogen) atoms. The molecule has 0 radical (unpaired) electrons. The summed E-state index contributed by atoms with van der Waals surface area (Å²) in [7, 11) is 0. The maximum Gasteiger partial charge on any atom is 0.0991 e. The Hall–Kier alpha value is -4.67. The summed E-state index contributed by atoms with van der Waals surface area (Å²) in [6.07, 6.45) is 0. The highest BCUT2D eigenvalue weighted by molar-refractivity contribution is 6.33. The van der Waals surface area contributed by atoms with Crippen molar-refractivity contribution >= 4 is 53.9 Å². The lowest BCUT2D eigenvalue weighted by molar-refractivity contribution is 1.50. The Morgan fingerprint density at radius 2 is 0.971 bits per heavy atom. The molecule has 1 heteroatoms. The van der Waals surface area contributed by atoms with E-state index in [2.05, 4.69) is 103 Å². The number of nitriles is 1. The second-order valence-electron chi connectivity index (χ2n) is 8.87. The molecule has 0 aliphatic carbocycles. The van der Waals surface area contributed by atoms with Gasteiger partial charge in [-0.1, -0.05) is 91.0 Å². The van der Waals surface area contributed by atoms with Crippen molar-refractivity contribution in [2.75, 3.05) is 0 Å². The van der Waals surface area contributed by atoms with Crippen LogP contribution in [-0.4, -0.2) is 0 Å². The van der Waals surface area contributed by atoms with Gasteiger partial charge in [0.1, 0.15) is 0 Å². The van der Waals surface area contributed by atoms with Crippen LogP contribution in [0.25, 0.3) is 65.0 Å². The molecule has 7 aromatic carbocycles. The molecule has 0 aliphatic rings. The van der Waals surface area contributed by atoms with Crippen molar-refractivity contribution in [3.8, 4) is 17.2 Å². The first kappa shape index (κ1) is 18.9. The van der Waals surface area contributed by atoms with Crippen LogP contribution in [-0.2, 0) is 0 Å². The van der Waals surface area contributed by atoms with Crippen LogP contribution in [0.1, 0.15) is 5.56 Å². The fraction of sp³-hybridized carbons (Fsp3) is 0. The van der Waals surface area contributed by atoms with Gasteiger partial charge in [-0.05, 0) is 89.3 Å². The van der Waals surface area contributed by atoms with Gasteiger partial charge in [-0.3, -0.25) is 0 Å². The van der Waals surface area contributed by atoms with Gasteiger partial charge in [-0.15, -0.1) is 0 Å². The molecule has 0 bridgehead atoms. The van der Waals surface area contributed by atoms with Gasteiger partial charge in [-0.25, -0.2) is 0 Å². The molecule has 0 unspecified atom stereocenters. The van der Waals surface area contributed by atoms with Gasteiger partial charge in [0, 0.05) is 0 Å². The third kappa shape index (κ3) is 2.66. The molecule has 156 valence electrons. The van der Waals surface area contributed by atoms with Crippen molar-refractivity contribution in [1.82, 2.24) is 0 Å². The van der Waals surface area contributed by atoms with Crippen molar-refractivity contribution < 1.29 is 0 Å². The van der Waals surface area contributed by atoms with Gasteiger partial charge in [0.05, 0.1) is 11.6 Å². The number of rotatable bonds is 1. The van der Waals surface area contributed by atoms with Crippen LogP contribution in [0.15, 0.2) is 115 Å². The Kier molecular flexibility index (Phi) is 3.98. The van der Waals surface area contributed by atoms with Crippen LogP contribution in [0.4, 0.5) is 0 Å². The number of hydrogen-bond donors (Lipinski definition) is 0. The number of benzene rings is 7. The van der Waals surface area contributed by atoms with E-state index in [0.717, 1.165) is 10.8 Å². The van der Waals surface area contributed by atoms with Crippen molar-refractivity contribution in [2.45, 2.75) is 0 Å². The Morgan fingerprint density at radius 3 is 1.68 bits per heavy atom. The number of hydrogen-bond acceptors (Lipinski definition) is 1. The zero-order valence-corrected chi connectivity index (χ0v) is 18.4. The Bertz CT molecular complexity index is 1970. The molecule has 7 aromatic rings. The lowest BCUT2D eigenvalue weighted by Gasteiger charge is -2.16. The minimum absolute atomic E-state index is 0.690. The van der Waals surface area contributed by atoms with E-state index in [1.807, 2.05) is 18.2 Å². The molecule has 0 fully saturated rings. The molecule has 0 aliphatic heterocycles. The lowest BCUT2D eigenvalue weighted by Crippen LogP contribution is -1.89. The van der Waals surface area contributed by atoms with Crippen LogP contribution >= 0.6 is 0 Å². The van der Waals surface area contributed by atoms with Gasteiger partial charge >= 0.3 is 0 Å². The first-order valence-electron chi connectivity index (χ1n) is 11.5. The second-order valence-corrected chi connectivity index (χ2v) is 8.87. The van der Waals surface area contributed by atoms with Crippen molar-refractivity contribution in [3.63, 3.8) is 0 Å². The minimum Gasteiger partial charge on any atom is -0.192 e. The highest BCUT2D eigenvalue weighted by Gasteiger charge is 2.14. The fourth-order valence-electron chi connectivity index (χ4n) is 5.49. The van der Waals surface area contributed by atoms with Crippen molar-refractivity contribution in [2.24, 2.45) is 0 Å². The van der Waals surface area contributed by atoms with Crippen LogP contribution < -0.4 is 0 Å². The average Bonchev–Trinajstić information content (AvgIpc) is 2.92. The van der Waals surface area contributed by atoms with Crippen LogP contribution in [0.3, 0.4) is 0 Å². The molecule has 0 atom stereocenters. The van der Waals surface area contributed by atoms with E-state index in [0.29, 0.717) is 5.56 Å². The molecular formula is C33H19N. The summed E-state index contributed by atoms with van der Waals surface area (Å²) in [5.41, 5.74) is 3.11. The van der Waals surface area contributed by atoms with Crippen LogP contribution in [0.2, 0.25) is 0 Å². The summed E-state index contributed by atoms with van der Waals surface area (Å²) in [5.74, 6) is 0. The maximum absolute atomic E-state index is 9.26. The van der Waals surface area contributed by atoms with Gasteiger partial charge in [0.25, 0.3) is 0 Å². The summed E-state index contributed by atoms with van der Waals surface area (Å²) in [4.78, 5) is 0. The van der Waals surface area contributed by atoms with Gasteiger partial charge in [0.2, 0.25) is 0 Å². The summed E-state index contributed by atoms with van der Waals surface area (Å²) in [5, 5.41) is 21.8. The second kappa shape index (κ2) is 7.17. The number of fused-ring (bicyclic) bond motifs is 9. The van der Waals surface area contributed by atoms with Gasteiger partial charge in [0.15, 0.2) is 0 Å². The predicted octanol–water partition coefficient (Wildman–Crippen LogP) is 8.99. The first-order valence-corrected chi connectivity index (χ1v) is 11.5. The van der Waals surface area contributed by atoms with E-state index in [1.165, 1.54) is 54.2 Å². The third-order valence-electron chi connectivity index (χ3n) is 7.03. The topological polar surface area (TPSA) is 23.8 Å². The zero-order chi connectivity index (χ0) is 22.6. The molecule has 0 saturated heterocycles. The highest BCUT2D eigenvalue weighted by Crippen LogP contribution is 2.42. The van der Waals surface area contributed by atoms with Crippen LogP contribution in [0.5, 0.6) is 0 Å². The minimum atomic E-state index is 0.690. The quantitative estimate of drug-likeness (QED) is 0.239. The van der Waals surface area contributed by atoms with E-state index in [-0.39, 0.29) is 0 Å². The standard InChI is InChI=1S/C33H19N/c34-20-21-13-14-23-18-24(16-15-22(23)17-21)31-19-32-27-9-2-1-7-25(27)26-8-3-5-11-29(26)33(32)30-12-6-4-10-28(30)31/h1-19H. The molecule has 7 rings (SSSR count). The maximum atomic E-state index is 9.26. The largest absolute Gasteiger partial charge is 0.192 e. The average molecular weight is 430 g/mol. The SMILES string of the molecule is N#Cc1ccc2cc(-c3cc4c5ccccc5c5ccccc5c4c4ccccc34)ccc2c1. The van der Waals surface area contributed by atoms with E-state index >= 15 is 0 Å². The normalized spacial score (nSPS) is 11.5. The highest BCUT2D eigenvalue weighted by atomic mass is 14.2. The molecular weight excluding hydrogens is 410 g/mol. The fourth-order valence-corrected chi connectivity index (χ4v) is 5.49. The summed E-state index contributed by atoms with van der Waals surface area (Å²) < 4.78 is 0. The van der Waals surface area contributed by atoms with E-state index in [1.54, 1.807) is 0 Å². The molecule has 0 N–H and O–H groups in total. The molecule has 1 nitrogen and oxygen atoms in total. The summed E-state index contributed by atoms with van der Waals surface area (Å²) >= 11 is 0. The Balaban J connectivity index is 1.65. The smallest absolute Gasteiger partial charge is 0.0991 e. The van der Waals surface area contributed by atoms with Crippen LogP contribution in [0, 0.1) is 11.3 Å². The lowest BCUT2D eigenvalue weighted by atomic mass is 9.87. The summed E-state index contributed by atoms with van der Waals surface area (Å²) in [6.45, 7) is 0. The Labute approximate surface area is 197 Å². The molecule has 0 spiro atoms. The first-order chi connectivity index (χ1) is 16.8. The molecule has 0 amide bonds. The third-order valence-corrected chi connectivity index (χ3v) is 7.03. The van der Waals surface area contributed by atoms with E-state index < -0.39 is 0 Å². The predicted molar refractivity (Wildman–Crippen MR) is 144 cm³/mol. The van der Waals surface area contributed by atoms with Gasteiger partial charge < -0.3 is 0 Å². The van der Waals surface area contributed by atoms with Crippen molar-refractivity contribution in [3.05, 3.63) is 121 Å². The van der Waals surface area contributed by atoms with Gasteiger partial charge in [-0.2, -0.15) is 5.26 Å². The van der Waals surface area contributed by atoms with Crippen molar-refractivity contribution in [1.29, 1.82) is 5.26 Å². The van der Waals surface area contributed by atoms with E-state index in [9.17, 15) is 5.26 Å².